The van der Waals surface area contributed by atoms with Crippen molar-refractivity contribution in [3.63, 3.8) is 0 Å². The van der Waals surface area contributed by atoms with Gasteiger partial charge in [-0.2, -0.15) is 0 Å². The van der Waals surface area contributed by atoms with Crippen LogP contribution in [-0.4, -0.2) is 28.9 Å². The molecule has 1 heterocycles. The number of rotatable bonds is 7. The number of hydrogen-bond acceptors (Lipinski definition) is 5. The highest BCUT2D eigenvalue weighted by atomic mass is 35.5. The quantitative estimate of drug-likeness (QED) is 0.303. The number of nitrogens with zero attached hydrogens (tertiary/aromatic N) is 1. The summed E-state index contributed by atoms with van der Waals surface area (Å²) in [4.78, 5) is 49.9. The van der Waals surface area contributed by atoms with E-state index in [0.717, 1.165) is 16.9 Å². The van der Waals surface area contributed by atoms with E-state index in [1.807, 2.05) is 6.92 Å². The average molecular weight is 539 g/mol. The van der Waals surface area contributed by atoms with Gasteiger partial charge < -0.3 is 9.84 Å². The van der Waals surface area contributed by atoms with Gasteiger partial charge in [0.15, 0.2) is 5.75 Å². The molecule has 4 amide bonds. The third-order valence-electron chi connectivity index (χ3n) is 5.62. The minimum absolute atomic E-state index is 0.0779. The molecule has 0 saturated carbocycles. The summed E-state index contributed by atoms with van der Waals surface area (Å²) in [6.45, 7) is 2.06. The number of anilines is 1. The zero-order valence-electron chi connectivity index (χ0n) is 19.5. The van der Waals surface area contributed by atoms with Gasteiger partial charge >= 0.3 is 12.0 Å². The van der Waals surface area contributed by atoms with Gasteiger partial charge in [0.2, 0.25) is 0 Å². The van der Waals surface area contributed by atoms with Gasteiger partial charge in [0.1, 0.15) is 12.2 Å². The summed E-state index contributed by atoms with van der Waals surface area (Å²) in [5.41, 5.74) is 2.29. The highest BCUT2D eigenvalue weighted by Gasteiger charge is 2.36. The molecule has 2 N–H and O–H groups in total. The molecule has 1 aliphatic heterocycles. The van der Waals surface area contributed by atoms with Crippen molar-refractivity contribution >= 4 is 58.8 Å². The van der Waals surface area contributed by atoms with Crippen LogP contribution in [0, 0.1) is 0 Å². The number of carboxylic acid groups (broad SMARTS) is 1. The fourth-order valence-corrected chi connectivity index (χ4v) is 4.25. The van der Waals surface area contributed by atoms with Crippen molar-refractivity contribution in [3.8, 4) is 5.75 Å². The molecule has 10 heteroatoms. The highest BCUT2D eigenvalue weighted by molar-refractivity contribution is 6.40. The summed E-state index contributed by atoms with van der Waals surface area (Å²) in [7, 11) is 0. The summed E-state index contributed by atoms with van der Waals surface area (Å²) in [6, 6.07) is 15.1. The van der Waals surface area contributed by atoms with Crippen LogP contribution in [0.4, 0.5) is 10.5 Å². The Morgan fingerprint density at radius 3 is 2.14 bits per heavy atom. The molecule has 0 aliphatic carbocycles. The maximum absolute atomic E-state index is 13.1. The fourth-order valence-electron chi connectivity index (χ4n) is 3.64. The number of hydrogen-bond donors (Lipinski definition) is 2. The highest BCUT2D eigenvalue weighted by Crippen LogP contribution is 2.36. The Labute approximate surface area is 222 Å². The van der Waals surface area contributed by atoms with Gasteiger partial charge in [0.25, 0.3) is 11.8 Å². The van der Waals surface area contributed by atoms with Gasteiger partial charge in [-0.1, -0.05) is 54.4 Å². The summed E-state index contributed by atoms with van der Waals surface area (Å²) in [5.74, 6) is -2.47. The number of imide groups is 2. The molecule has 1 saturated heterocycles. The molecule has 1 aliphatic rings. The largest absolute Gasteiger partial charge is 0.486 e. The van der Waals surface area contributed by atoms with Crippen LogP contribution in [0.5, 0.6) is 5.75 Å². The molecule has 0 radical (unpaired) electrons. The van der Waals surface area contributed by atoms with Gasteiger partial charge in [0, 0.05) is 0 Å². The van der Waals surface area contributed by atoms with Crippen LogP contribution in [-0.2, 0) is 22.6 Å². The lowest BCUT2D eigenvalue weighted by Crippen LogP contribution is -2.54. The normalized spacial score (nSPS) is 14.6. The Morgan fingerprint density at radius 1 is 0.973 bits per heavy atom. The summed E-state index contributed by atoms with van der Waals surface area (Å²) in [5, 5.41) is 11.4. The second kappa shape index (κ2) is 10.9. The van der Waals surface area contributed by atoms with Crippen LogP contribution in [0.3, 0.4) is 0 Å². The molecular formula is C27H20Cl2N2O6. The van der Waals surface area contributed by atoms with Gasteiger partial charge in [-0.15, -0.1) is 0 Å². The van der Waals surface area contributed by atoms with E-state index in [9.17, 15) is 19.2 Å². The molecule has 0 aromatic heterocycles. The number of nitrogens with one attached hydrogen (secondary N) is 1. The molecule has 0 bridgehead atoms. The lowest BCUT2D eigenvalue weighted by Gasteiger charge is -2.26. The molecule has 37 heavy (non-hydrogen) atoms. The predicted molar refractivity (Wildman–Crippen MR) is 139 cm³/mol. The Bertz CT molecular complexity index is 1410. The van der Waals surface area contributed by atoms with Crippen molar-refractivity contribution in [2.45, 2.75) is 20.0 Å². The number of halogens is 2. The van der Waals surface area contributed by atoms with E-state index in [1.54, 1.807) is 36.4 Å². The molecule has 3 aromatic rings. The number of benzene rings is 3. The predicted octanol–water partition coefficient (Wildman–Crippen LogP) is 5.50. The topological polar surface area (TPSA) is 113 Å². The van der Waals surface area contributed by atoms with Gasteiger partial charge in [-0.3, -0.25) is 14.9 Å². The van der Waals surface area contributed by atoms with Crippen LogP contribution < -0.4 is 15.0 Å². The van der Waals surface area contributed by atoms with Crippen LogP contribution in [0.15, 0.2) is 66.2 Å². The van der Waals surface area contributed by atoms with Crippen LogP contribution in [0.2, 0.25) is 10.0 Å². The average Bonchev–Trinajstić information content (AvgIpc) is 2.86. The SMILES string of the molecule is CCc1ccc(N2C(=O)NC(=O)C(=Cc3cc(Cl)c(OCc4ccc(C(=O)O)cc4)c(Cl)c3)C2=O)cc1. The number of barbiturate groups is 1. The Balaban J connectivity index is 1.56. The van der Waals surface area contributed by atoms with E-state index < -0.39 is 23.8 Å². The number of carboxylic acids is 1. The van der Waals surface area contributed by atoms with Crippen molar-refractivity contribution in [1.29, 1.82) is 0 Å². The molecule has 1 fully saturated rings. The van der Waals surface area contributed by atoms with E-state index in [4.69, 9.17) is 33.0 Å². The van der Waals surface area contributed by atoms with Crippen molar-refractivity contribution in [3.05, 3.63) is 98.5 Å². The third kappa shape index (κ3) is 5.66. The molecule has 0 spiro atoms. The first kappa shape index (κ1) is 25.9. The summed E-state index contributed by atoms with van der Waals surface area (Å²) >= 11 is 12.7. The fraction of sp³-hybridized carbons (Fsp3) is 0.111. The molecule has 0 atom stereocenters. The lowest BCUT2D eigenvalue weighted by atomic mass is 10.1. The maximum atomic E-state index is 13.1. The molecule has 3 aromatic carbocycles. The number of urea groups is 1. The van der Waals surface area contributed by atoms with E-state index in [-0.39, 0.29) is 33.5 Å². The Hall–Kier alpha value is -4.14. The second-order valence-electron chi connectivity index (χ2n) is 8.08. The van der Waals surface area contributed by atoms with Crippen molar-refractivity contribution in [1.82, 2.24) is 5.32 Å². The van der Waals surface area contributed by atoms with Crippen molar-refractivity contribution < 1.29 is 29.0 Å². The van der Waals surface area contributed by atoms with Gasteiger partial charge in [-0.25, -0.2) is 14.5 Å². The lowest BCUT2D eigenvalue weighted by molar-refractivity contribution is -0.122. The van der Waals surface area contributed by atoms with E-state index in [1.165, 1.54) is 30.3 Å². The second-order valence-corrected chi connectivity index (χ2v) is 8.90. The number of ether oxygens (including phenoxy) is 1. The summed E-state index contributed by atoms with van der Waals surface area (Å²) < 4.78 is 5.72. The number of aryl methyl sites for hydroxylation is 1. The molecule has 8 nitrogen and oxygen atoms in total. The van der Waals surface area contributed by atoms with Gasteiger partial charge in [0.05, 0.1) is 21.3 Å². The first-order chi connectivity index (χ1) is 17.7. The molecule has 4 rings (SSSR count). The van der Waals surface area contributed by atoms with Crippen molar-refractivity contribution in [2.75, 3.05) is 4.90 Å². The first-order valence-corrected chi connectivity index (χ1v) is 11.9. The van der Waals surface area contributed by atoms with Crippen LogP contribution in [0.25, 0.3) is 6.08 Å². The standard InChI is InChI=1S/C27H20Cl2N2O6/c1-2-15-5-9-19(10-6-15)31-25(33)20(24(32)30-27(31)36)11-17-12-21(28)23(22(29)13-17)37-14-16-3-7-18(8-4-16)26(34)35/h3-13H,2,14H2,1H3,(H,34,35)(H,30,32,36). The summed E-state index contributed by atoms with van der Waals surface area (Å²) in [6.07, 6.45) is 2.09. The van der Waals surface area contributed by atoms with Crippen LogP contribution >= 0.6 is 23.2 Å². The van der Waals surface area contributed by atoms with Crippen LogP contribution in [0.1, 0.15) is 34.0 Å². The maximum Gasteiger partial charge on any atom is 0.335 e. The van der Waals surface area contributed by atoms with E-state index >= 15 is 0 Å². The minimum Gasteiger partial charge on any atom is -0.486 e. The van der Waals surface area contributed by atoms with E-state index in [0.29, 0.717) is 16.8 Å². The van der Waals surface area contributed by atoms with E-state index in [2.05, 4.69) is 5.32 Å². The number of aromatic carboxylic acids is 1. The van der Waals surface area contributed by atoms with Gasteiger partial charge in [-0.05, 0) is 65.6 Å². The number of carbonyl (C=O) groups is 4. The molecular weight excluding hydrogens is 519 g/mol. The zero-order valence-corrected chi connectivity index (χ0v) is 21.0. The third-order valence-corrected chi connectivity index (χ3v) is 6.18. The number of amides is 4. The van der Waals surface area contributed by atoms with Crippen molar-refractivity contribution in [2.24, 2.45) is 0 Å². The Kier molecular flexibility index (Phi) is 7.61. The smallest absolute Gasteiger partial charge is 0.335 e. The molecule has 188 valence electrons. The minimum atomic E-state index is -1.03. The monoisotopic (exact) mass is 538 g/mol. The molecule has 0 unspecified atom stereocenters. The Morgan fingerprint density at radius 2 is 1.57 bits per heavy atom. The number of carbonyl (C=O) groups excluding carboxylic acids is 3. The zero-order chi connectivity index (χ0) is 26.7. The first-order valence-electron chi connectivity index (χ1n) is 11.1.